The van der Waals surface area contributed by atoms with Crippen molar-refractivity contribution < 1.29 is 19.5 Å². The van der Waals surface area contributed by atoms with Crippen molar-refractivity contribution in [3.63, 3.8) is 0 Å². The van der Waals surface area contributed by atoms with Gasteiger partial charge in [-0.2, -0.15) is 0 Å². The van der Waals surface area contributed by atoms with E-state index in [1.165, 1.54) is 6.07 Å². The summed E-state index contributed by atoms with van der Waals surface area (Å²) < 4.78 is 0. The fourth-order valence-electron chi connectivity index (χ4n) is 4.14. The Balaban J connectivity index is 1.44. The van der Waals surface area contributed by atoms with Gasteiger partial charge in [-0.15, -0.1) is 0 Å². The second kappa shape index (κ2) is 10.9. The van der Waals surface area contributed by atoms with Gasteiger partial charge in [0.1, 0.15) is 5.75 Å². The summed E-state index contributed by atoms with van der Waals surface area (Å²) in [6.45, 7) is 3.19. The number of ketones is 1. The number of phenolic OH excluding ortho intramolecular Hbond substituents is 1. The molecule has 0 unspecified atom stereocenters. The van der Waals surface area contributed by atoms with E-state index in [4.69, 9.17) is 0 Å². The number of phenols is 1. The molecule has 35 heavy (non-hydrogen) atoms. The van der Waals surface area contributed by atoms with Crippen LogP contribution in [0.2, 0.25) is 0 Å². The molecule has 1 aliphatic rings. The lowest BCUT2D eigenvalue weighted by molar-refractivity contribution is 0.0882. The van der Waals surface area contributed by atoms with Crippen LogP contribution < -0.4 is 16.0 Å². The molecule has 1 saturated heterocycles. The largest absolute Gasteiger partial charge is 0.507 e. The number of pyridine rings is 1. The molecule has 1 fully saturated rings. The second-order valence-electron chi connectivity index (χ2n) is 8.67. The van der Waals surface area contributed by atoms with E-state index in [0.717, 1.165) is 18.5 Å². The highest BCUT2D eigenvalue weighted by atomic mass is 16.3. The lowest BCUT2D eigenvalue weighted by Gasteiger charge is -2.27. The molecular weight excluding hydrogens is 444 g/mol. The Bertz CT molecular complexity index is 1210. The SMILES string of the molecule is Cc1ccc(O)c(C(=O)c2ccc(C(=O)N[C@@H]3CCCNC[C@H]3NC(=O)c3ccncc3)cc2)c1. The van der Waals surface area contributed by atoms with E-state index in [-0.39, 0.29) is 41.0 Å². The summed E-state index contributed by atoms with van der Waals surface area (Å²) in [5.41, 5.74) is 2.39. The molecule has 2 atom stereocenters. The second-order valence-corrected chi connectivity index (χ2v) is 8.67. The summed E-state index contributed by atoms with van der Waals surface area (Å²) in [5.74, 6) is -0.892. The van der Waals surface area contributed by atoms with Gasteiger partial charge in [-0.25, -0.2) is 0 Å². The molecule has 8 nitrogen and oxygen atoms in total. The van der Waals surface area contributed by atoms with Crippen LogP contribution in [0.4, 0.5) is 0 Å². The number of hydrogen-bond donors (Lipinski definition) is 4. The number of rotatable bonds is 6. The van der Waals surface area contributed by atoms with E-state index in [2.05, 4.69) is 20.9 Å². The van der Waals surface area contributed by atoms with Gasteiger partial charge < -0.3 is 21.1 Å². The van der Waals surface area contributed by atoms with Gasteiger partial charge in [0.2, 0.25) is 0 Å². The minimum atomic E-state index is -0.313. The Kier molecular flexibility index (Phi) is 7.52. The van der Waals surface area contributed by atoms with Crippen molar-refractivity contribution in [1.29, 1.82) is 0 Å². The monoisotopic (exact) mass is 472 g/mol. The average molecular weight is 473 g/mol. The number of benzene rings is 2. The van der Waals surface area contributed by atoms with Gasteiger partial charge in [-0.1, -0.05) is 23.8 Å². The lowest BCUT2D eigenvalue weighted by Crippen LogP contribution is -2.54. The maximum absolute atomic E-state index is 13.0. The molecule has 2 heterocycles. The first-order valence-electron chi connectivity index (χ1n) is 11.6. The summed E-state index contributed by atoms with van der Waals surface area (Å²) in [6, 6.07) is 14.0. The predicted molar refractivity (Wildman–Crippen MR) is 132 cm³/mol. The van der Waals surface area contributed by atoms with Crippen molar-refractivity contribution in [1.82, 2.24) is 20.9 Å². The van der Waals surface area contributed by atoms with E-state index < -0.39 is 0 Å². The molecule has 2 amide bonds. The van der Waals surface area contributed by atoms with E-state index in [1.807, 2.05) is 6.92 Å². The number of carbonyl (C=O) groups excluding carboxylic acids is 3. The number of carbonyl (C=O) groups is 3. The zero-order valence-corrected chi connectivity index (χ0v) is 19.5. The minimum Gasteiger partial charge on any atom is -0.507 e. The molecule has 0 radical (unpaired) electrons. The standard InChI is InChI=1S/C27H28N4O4/c1-17-4-9-24(32)21(15-17)25(33)18-5-7-19(8-6-18)26(34)30-22-3-2-12-29-16-23(22)31-27(35)20-10-13-28-14-11-20/h4-11,13-15,22-23,29,32H,2-3,12,16H2,1H3,(H,30,34)(H,31,35)/t22-,23-/m1/s1. The smallest absolute Gasteiger partial charge is 0.251 e. The maximum Gasteiger partial charge on any atom is 0.251 e. The third kappa shape index (κ3) is 5.91. The molecule has 3 aromatic rings. The summed E-state index contributed by atoms with van der Waals surface area (Å²) in [4.78, 5) is 42.4. The quantitative estimate of drug-likeness (QED) is 0.410. The Morgan fingerprint density at radius 1 is 0.886 bits per heavy atom. The molecule has 2 aromatic carbocycles. The van der Waals surface area contributed by atoms with E-state index in [9.17, 15) is 19.5 Å². The van der Waals surface area contributed by atoms with Crippen molar-refractivity contribution in [3.8, 4) is 5.75 Å². The Morgan fingerprint density at radius 2 is 1.51 bits per heavy atom. The van der Waals surface area contributed by atoms with Crippen molar-refractivity contribution in [2.24, 2.45) is 0 Å². The highest BCUT2D eigenvalue weighted by Gasteiger charge is 2.27. The first kappa shape index (κ1) is 24.1. The number of aromatic nitrogens is 1. The number of nitrogens with zero attached hydrogens (tertiary/aromatic N) is 1. The van der Waals surface area contributed by atoms with E-state index >= 15 is 0 Å². The minimum absolute atomic E-state index is 0.0794. The molecule has 4 N–H and O–H groups in total. The fourth-order valence-corrected chi connectivity index (χ4v) is 4.14. The first-order valence-corrected chi connectivity index (χ1v) is 11.6. The van der Waals surface area contributed by atoms with Crippen LogP contribution in [-0.2, 0) is 0 Å². The molecule has 0 aliphatic carbocycles. The Morgan fingerprint density at radius 3 is 2.23 bits per heavy atom. The zero-order chi connectivity index (χ0) is 24.8. The van der Waals surface area contributed by atoms with Crippen LogP contribution >= 0.6 is 0 Å². The van der Waals surface area contributed by atoms with Gasteiger partial charge in [0.05, 0.1) is 17.6 Å². The van der Waals surface area contributed by atoms with Crippen molar-refractivity contribution in [2.45, 2.75) is 31.8 Å². The van der Waals surface area contributed by atoms with Gasteiger partial charge >= 0.3 is 0 Å². The summed E-state index contributed by atoms with van der Waals surface area (Å²) >= 11 is 0. The van der Waals surface area contributed by atoms with Crippen LogP contribution in [0.3, 0.4) is 0 Å². The fraction of sp³-hybridized carbons (Fsp3) is 0.259. The molecule has 180 valence electrons. The van der Waals surface area contributed by atoms with Crippen LogP contribution in [0.15, 0.2) is 67.0 Å². The van der Waals surface area contributed by atoms with Crippen LogP contribution in [0.5, 0.6) is 5.75 Å². The molecule has 0 saturated carbocycles. The predicted octanol–water partition coefficient (Wildman–Crippen LogP) is 2.61. The highest BCUT2D eigenvalue weighted by Crippen LogP contribution is 2.22. The molecule has 0 bridgehead atoms. The van der Waals surface area contributed by atoms with Gasteiger partial charge in [0, 0.05) is 35.6 Å². The van der Waals surface area contributed by atoms with Crippen LogP contribution in [0, 0.1) is 6.92 Å². The topological polar surface area (TPSA) is 120 Å². The molecule has 0 spiro atoms. The summed E-state index contributed by atoms with van der Waals surface area (Å²) in [6.07, 6.45) is 4.70. The zero-order valence-electron chi connectivity index (χ0n) is 19.5. The summed E-state index contributed by atoms with van der Waals surface area (Å²) in [5, 5.41) is 19.4. The van der Waals surface area contributed by atoms with Crippen molar-refractivity contribution in [2.75, 3.05) is 13.1 Å². The van der Waals surface area contributed by atoms with Gasteiger partial charge in [0.15, 0.2) is 5.78 Å². The van der Waals surface area contributed by atoms with Gasteiger partial charge in [-0.05, 0) is 62.7 Å². The van der Waals surface area contributed by atoms with Crippen molar-refractivity contribution in [3.05, 3.63) is 94.8 Å². The molecular formula is C27H28N4O4. The molecule has 4 rings (SSSR count). The molecule has 1 aromatic heterocycles. The normalized spacial score (nSPS) is 17.7. The summed E-state index contributed by atoms with van der Waals surface area (Å²) in [7, 11) is 0. The average Bonchev–Trinajstić information content (AvgIpc) is 3.10. The lowest BCUT2D eigenvalue weighted by atomic mass is 9.99. The number of aromatic hydroxyl groups is 1. The van der Waals surface area contributed by atoms with E-state index in [1.54, 1.807) is 60.9 Å². The number of nitrogens with one attached hydrogen (secondary N) is 3. The Hall–Kier alpha value is -4.04. The van der Waals surface area contributed by atoms with Crippen LogP contribution in [-0.4, -0.2) is 52.9 Å². The highest BCUT2D eigenvalue weighted by molar-refractivity contribution is 6.11. The van der Waals surface area contributed by atoms with Gasteiger partial charge in [0.25, 0.3) is 11.8 Å². The maximum atomic E-state index is 13.0. The van der Waals surface area contributed by atoms with Crippen molar-refractivity contribution >= 4 is 17.6 Å². The Labute approximate surface area is 203 Å². The number of hydrogen-bond acceptors (Lipinski definition) is 6. The molecule has 1 aliphatic heterocycles. The molecule has 8 heteroatoms. The number of amides is 2. The third-order valence-corrected chi connectivity index (χ3v) is 6.10. The van der Waals surface area contributed by atoms with Gasteiger partial charge in [-0.3, -0.25) is 19.4 Å². The van der Waals surface area contributed by atoms with E-state index in [0.29, 0.717) is 29.7 Å². The first-order chi connectivity index (χ1) is 16.9. The third-order valence-electron chi connectivity index (χ3n) is 6.10. The van der Waals surface area contributed by atoms with Crippen LogP contribution in [0.1, 0.15) is 55.0 Å². The number of aryl methyl sites for hydroxylation is 1. The van der Waals surface area contributed by atoms with Crippen LogP contribution in [0.25, 0.3) is 0 Å².